The molecule has 0 aliphatic heterocycles. The number of carbonyl (C=O) groups excluding carboxylic acids is 1. The van der Waals surface area contributed by atoms with E-state index in [1.54, 1.807) is 16.9 Å². The van der Waals surface area contributed by atoms with E-state index >= 15 is 0 Å². The zero-order chi connectivity index (χ0) is 15.3. The number of hydrogen-bond acceptors (Lipinski definition) is 4. The zero-order valence-electron chi connectivity index (χ0n) is 12.6. The van der Waals surface area contributed by atoms with Gasteiger partial charge in [0, 0.05) is 30.6 Å². The molecule has 2 unspecified atom stereocenters. The summed E-state index contributed by atoms with van der Waals surface area (Å²) in [5, 5.41) is 14.7. The van der Waals surface area contributed by atoms with Gasteiger partial charge >= 0.3 is 4.87 Å². The number of nitrogens with zero attached hydrogens (tertiary/aromatic N) is 1. The zero-order valence-corrected chi connectivity index (χ0v) is 13.4. The summed E-state index contributed by atoms with van der Waals surface area (Å²) in [6.07, 6.45) is 1.10. The Labute approximate surface area is 123 Å². The van der Waals surface area contributed by atoms with Crippen LogP contribution in [0, 0.1) is 12.8 Å². The second-order valence-corrected chi connectivity index (χ2v) is 6.31. The predicted molar refractivity (Wildman–Crippen MR) is 81.0 cm³/mol. The Kier molecular flexibility index (Phi) is 5.95. The third-order valence-electron chi connectivity index (χ3n) is 3.86. The van der Waals surface area contributed by atoms with E-state index in [-0.39, 0.29) is 29.7 Å². The molecule has 0 aliphatic carbocycles. The fraction of sp³-hybridized carbons (Fsp3) is 0.714. The van der Waals surface area contributed by atoms with Gasteiger partial charge in [0.1, 0.15) is 0 Å². The molecule has 1 rings (SSSR count). The van der Waals surface area contributed by atoms with E-state index < -0.39 is 5.60 Å². The molecule has 6 heteroatoms. The van der Waals surface area contributed by atoms with Crippen molar-refractivity contribution < 1.29 is 9.90 Å². The molecular formula is C14H24N2O3S. The SMILES string of the molecule is CCC(C)C(C)(O)CNC(=O)CCn1c(C)csc1=O. The van der Waals surface area contributed by atoms with E-state index in [0.717, 1.165) is 23.5 Å². The molecule has 1 aromatic rings. The Morgan fingerprint density at radius 3 is 2.75 bits per heavy atom. The molecule has 0 saturated carbocycles. The smallest absolute Gasteiger partial charge is 0.307 e. The minimum Gasteiger partial charge on any atom is -0.388 e. The topological polar surface area (TPSA) is 71.3 Å². The first-order valence-corrected chi connectivity index (χ1v) is 7.80. The van der Waals surface area contributed by atoms with Crippen molar-refractivity contribution in [3.8, 4) is 0 Å². The summed E-state index contributed by atoms with van der Waals surface area (Å²) < 4.78 is 1.59. The second-order valence-electron chi connectivity index (χ2n) is 5.49. The van der Waals surface area contributed by atoms with Crippen molar-refractivity contribution in [3.63, 3.8) is 0 Å². The summed E-state index contributed by atoms with van der Waals surface area (Å²) in [7, 11) is 0. The lowest BCUT2D eigenvalue weighted by molar-refractivity contribution is -0.123. The highest BCUT2D eigenvalue weighted by atomic mass is 32.1. The minimum atomic E-state index is -0.903. The quantitative estimate of drug-likeness (QED) is 0.802. The fourth-order valence-electron chi connectivity index (χ4n) is 1.87. The largest absolute Gasteiger partial charge is 0.388 e. The van der Waals surface area contributed by atoms with Crippen LogP contribution in [0.2, 0.25) is 0 Å². The number of carbonyl (C=O) groups is 1. The van der Waals surface area contributed by atoms with Gasteiger partial charge in [0.15, 0.2) is 0 Å². The molecule has 20 heavy (non-hydrogen) atoms. The lowest BCUT2D eigenvalue weighted by Crippen LogP contribution is -2.45. The summed E-state index contributed by atoms with van der Waals surface area (Å²) in [5.74, 6) is -0.0318. The van der Waals surface area contributed by atoms with E-state index in [0.29, 0.717) is 6.54 Å². The first kappa shape index (κ1) is 16.9. The minimum absolute atomic E-state index is 0.0399. The van der Waals surface area contributed by atoms with Crippen LogP contribution in [0.15, 0.2) is 10.2 Å². The van der Waals surface area contributed by atoms with E-state index in [2.05, 4.69) is 5.32 Å². The van der Waals surface area contributed by atoms with E-state index in [1.807, 2.05) is 20.8 Å². The molecule has 2 N–H and O–H groups in total. The van der Waals surface area contributed by atoms with Crippen molar-refractivity contribution >= 4 is 17.2 Å². The molecule has 5 nitrogen and oxygen atoms in total. The highest BCUT2D eigenvalue weighted by Gasteiger charge is 2.27. The van der Waals surface area contributed by atoms with Gasteiger partial charge in [0.05, 0.1) is 5.60 Å². The normalized spacial score (nSPS) is 15.7. The summed E-state index contributed by atoms with van der Waals surface area (Å²) in [4.78, 5) is 23.3. The highest BCUT2D eigenvalue weighted by Crippen LogP contribution is 2.18. The van der Waals surface area contributed by atoms with Crippen LogP contribution in [0.5, 0.6) is 0 Å². The van der Waals surface area contributed by atoms with E-state index in [9.17, 15) is 14.7 Å². The van der Waals surface area contributed by atoms with Gasteiger partial charge in [-0.05, 0) is 19.8 Å². The van der Waals surface area contributed by atoms with Gasteiger partial charge < -0.3 is 15.0 Å². The first-order chi connectivity index (χ1) is 9.27. The van der Waals surface area contributed by atoms with Gasteiger partial charge in [-0.3, -0.25) is 9.59 Å². The van der Waals surface area contributed by atoms with Crippen molar-refractivity contribution in [2.75, 3.05) is 6.54 Å². The molecular weight excluding hydrogens is 276 g/mol. The van der Waals surface area contributed by atoms with Crippen LogP contribution in [0.1, 0.15) is 39.3 Å². The maximum Gasteiger partial charge on any atom is 0.307 e. The number of rotatable bonds is 7. The molecule has 114 valence electrons. The van der Waals surface area contributed by atoms with Crippen LogP contribution in [0.3, 0.4) is 0 Å². The number of nitrogens with one attached hydrogen (secondary N) is 1. The summed E-state index contributed by atoms with van der Waals surface area (Å²) >= 11 is 1.14. The average molecular weight is 300 g/mol. The molecule has 2 atom stereocenters. The maximum atomic E-state index is 11.8. The summed E-state index contributed by atoms with van der Waals surface area (Å²) in [6, 6.07) is 0. The number of aromatic nitrogens is 1. The van der Waals surface area contributed by atoms with Gasteiger partial charge in [-0.15, -0.1) is 0 Å². The fourth-order valence-corrected chi connectivity index (χ4v) is 2.63. The molecule has 0 spiro atoms. The summed E-state index contributed by atoms with van der Waals surface area (Å²) in [6.45, 7) is 8.16. The van der Waals surface area contributed by atoms with Crippen LogP contribution in [0.25, 0.3) is 0 Å². The monoisotopic (exact) mass is 300 g/mol. The van der Waals surface area contributed by atoms with Gasteiger partial charge in [-0.2, -0.15) is 0 Å². The van der Waals surface area contributed by atoms with Gasteiger partial charge in [0.2, 0.25) is 5.91 Å². The third-order valence-corrected chi connectivity index (χ3v) is 4.74. The van der Waals surface area contributed by atoms with Gasteiger partial charge in [-0.25, -0.2) is 0 Å². The Morgan fingerprint density at radius 1 is 1.60 bits per heavy atom. The van der Waals surface area contributed by atoms with Crippen molar-refractivity contribution in [3.05, 3.63) is 20.7 Å². The Morgan fingerprint density at radius 2 is 2.25 bits per heavy atom. The maximum absolute atomic E-state index is 11.8. The van der Waals surface area contributed by atoms with Crippen molar-refractivity contribution in [1.29, 1.82) is 0 Å². The molecule has 0 radical (unpaired) electrons. The molecule has 0 saturated heterocycles. The molecule has 1 heterocycles. The molecule has 1 aromatic heterocycles. The van der Waals surface area contributed by atoms with E-state index in [4.69, 9.17) is 0 Å². The Hall–Kier alpha value is -1.14. The molecule has 1 amide bonds. The summed E-state index contributed by atoms with van der Waals surface area (Å²) in [5.41, 5.74) is -0.0288. The number of amides is 1. The number of thiazole rings is 1. The molecule has 0 fully saturated rings. The predicted octanol–water partition coefficient (Wildman–Crippen LogP) is 1.52. The van der Waals surface area contributed by atoms with Crippen molar-refractivity contribution in [1.82, 2.24) is 9.88 Å². The van der Waals surface area contributed by atoms with Crippen LogP contribution >= 0.6 is 11.3 Å². The van der Waals surface area contributed by atoms with Crippen LogP contribution < -0.4 is 10.2 Å². The van der Waals surface area contributed by atoms with Gasteiger partial charge in [-0.1, -0.05) is 31.6 Å². The Bertz CT molecular complexity index is 505. The second kappa shape index (κ2) is 7.04. The average Bonchev–Trinajstić information content (AvgIpc) is 2.72. The number of aryl methyl sites for hydroxylation is 1. The lowest BCUT2D eigenvalue weighted by Gasteiger charge is -2.29. The van der Waals surface area contributed by atoms with Crippen molar-refractivity contribution in [2.24, 2.45) is 5.92 Å². The van der Waals surface area contributed by atoms with E-state index in [1.165, 1.54) is 0 Å². The van der Waals surface area contributed by atoms with Crippen LogP contribution in [0.4, 0.5) is 0 Å². The number of aliphatic hydroxyl groups is 1. The Balaban J connectivity index is 2.44. The molecule has 0 bridgehead atoms. The van der Waals surface area contributed by atoms with Gasteiger partial charge in [0.25, 0.3) is 0 Å². The highest BCUT2D eigenvalue weighted by molar-refractivity contribution is 7.07. The van der Waals surface area contributed by atoms with Crippen molar-refractivity contribution in [2.45, 2.75) is 52.7 Å². The molecule has 0 aliphatic rings. The van der Waals surface area contributed by atoms with Crippen LogP contribution in [-0.4, -0.2) is 27.7 Å². The molecule has 0 aromatic carbocycles. The van der Waals surface area contributed by atoms with Crippen LogP contribution in [-0.2, 0) is 11.3 Å². The standard InChI is InChI=1S/C14H24N2O3S/c1-5-10(2)14(4,19)9-15-12(17)6-7-16-11(3)8-20-13(16)18/h8,10,19H,5-7,9H2,1-4H3,(H,15,17). The number of hydrogen-bond donors (Lipinski definition) is 2. The first-order valence-electron chi connectivity index (χ1n) is 6.92. The lowest BCUT2D eigenvalue weighted by atomic mass is 9.88. The third kappa shape index (κ3) is 4.45.